The first-order valence-corrected chi connectivity index (χ1v) is 8.62. The Bertz CT molecular complexity index is 1000. The SMILES string of the molecule is COc1ccc(Cl)cc1Nc1ncnc2[nH]c3c(c12)C[C@@H](C(=O)O)CC3. The second kappa shape index (κ2) is 6.49. The van der Waals surface area contributed by atoms with E-state index in [9.17, 15) is 9.90 Å². The fourth-order valence-electron chi connectivity index (χ4n) is 3.45. The predicted molar refractivity (Wildman–Crippen MR) is 98.3 cm³/mol. The molecule has 0 aliphatic heterocycles. The number of carboxylic acids is 1. The number of aliphatic carboxylic acids is 1. The zero-order chi connectivity index (χ0) is 18.3. The van der Waals surface area contributed by atoms with Gasteiger partial charge in [0.25, 0.3) is 0 Å². The summed E-state index contributed by atoms with van der Waals surface area (Å²) >= 11 is 6.11. The van der Waals surface area contributed by atoms with Crippen molar-refractivity contribution >= 4 is 40.1 Å². The first-order valence-electron chi connectivity index (χ1n) is 8.24. The average molecular weight is 373 g/mol. The molecule has 2 heterocycles. The maximum atomic E-state index is 11.4. The van der Waals surface area contributed by atoms with Gasteiger partial charge in [-0.15, -0.1) is 0 Å². The van der Waals surface area contributed by atoms with E-state index in [0.29, 0.717) is 47.2 Å². The summed E-state index contributed by atoms with van der Waals surface area (Å²) < 4.78 is 5.38. The molecular weight excluding hydrogens is 356 g/mol. The normalized spacial score (nSPS) is 16.3. The summed E-state index contributed by atoms with van der Waals surface area (Å²) in [5.74, 6) is 0.0659. The summed E-state index contributed by atoms with van der Waals surface area (Å²) in [6.45, 7) is 0. The molecule has 0 unspecified atom stereocenters. The number of ether oxygens (including phenoxy) is 1. The Labute approximate surface area is 154 Å². The number of nitrogens with zero attached hydrogens (tertiary/aromatic N) is 2. The first-order chi connectivity index (χ1) is 12.6. The minimum atomic E-state index is -0.770. The van der Waals surface area contributed by atoms with Gasteiger partial charge < -0.3 is 20.1 Å². The van der Waals surface area contributed by atoms with E-state index in [1.807, 2.05) is 0 Å². The highest BCUT2D eigenvalue weighted by Crippen LogP contribution is 2.37. The fourth-order valence-corrected chi connectivity index (χ4v) is 3.62. The molecule has 134 valence electrons. The molecule has 0 saturated heterocycles. The third kappa shape index (κ3) is 2.84. The molecule has 3 aromatic rings. The molecule has 0 amide bonds. The van der Waals surface area contributed by atoms with Crippen molar-refractivity contribution in [2.75, 3.05) is 12.4 Å². The van der Waals surface area contributed by atoms with Gasteiger partial charge in [0, 0.05) is 10.7 Å². The number of fused-ring (bicyclic) bond motifs is 3. The molecule has 0 radical (unpaired) electrons. The van der Waals surface area contributed by atoms with Gasteiger partial charge in [0.1, 0.15) is 23.5 Å². The minimum absolute atomic E-state index is 0.393. The van der Waals surface area contributed by atoms with Crippen molar-refractivity contribution in [3.63, 3.8) is 0 Å². The molecule has 0 saturated carbocycles. The van der Waals surface area contributed by atoms with Gasteiger partial charge in [-0.2, -0.15) is 0 Å². The van der Waals surface area contributed by atoms with Crippen LogP contribution in [-0.2, 0) is 17.6 Å². The Morgan fingerprint density at radius 3 is 3.04 bits per heavy atom. The van der Waals surface area contributed by atoms with Gasteiger partial charge in [-0.05, 0) is 43.0 Å². The van der Waals surface area contributed by atoms with Crippen LogP contribution in [0.5, 0.6) is 5.75 Å². The third-order valence-corrected chi connectivity index (χ3v) is 4.97. The second-order valence-electron chi connectivity index (χ2n) is 6.28. The number of anilines is 2. The zero-order valence-electron chi connectivity index (χ0n) is 14.0. The van der Waals surface area contributed by atoms with Gasteiger partial charge in [0.2, 0.25) is 0 Å². The number of H-pyrrole nitrogens is 1. The largest absolute Gasteiger partial charge is 0.495 e. The van der Waals surface area contributed by atoms with Crippen molar-refractivity contribution in [1.82, 2.24) is 15.0 Å². The summed E-state index contributed by atoms with van der Waals surface area (Å²) in [6, 6.07) is 5.28. The molecule has 3 N–H and O–H groups in total. The number of methoxy groups -OCH3 is 1. The number of nitrogens with one attached hydrogen (secondary N) is 2. The van der Waals surface area contributed by atoms with Crippen LogP contribution in [0.25, 0.3) is 11.0 Å². The van der Waals surface area contributed by atoms with Crippen LogP contribution >= 0.6 is 11.6 Å². The molecule has 1 aliphatic carbocycles. The number of halogens is 1. The molecule has 1 atom stereocenters. The van der Waals surface area contributed by atoms with E-state index in [-0.39, 0.29) is 0 Å². The smallest absolute Gasteiger partial charge is 0.306 e. The number of aromatic nitrogens is 3. The van der Waals surface area contributed by atoms with E-state index in [4.69, 9.17) is 16.3 Å². The number of hydrogen-bond donors (Lipinski definition) is 3. The molecule has 0 bridgehead atoms. The number of hydrogen-bond acceptors (Lipinski definition) is 5. The van der Waals surface area contributed by atoms with Crippen molar-refractivity contribution in [3.8, 4) is 5.75 Å². The van der Waals surface area contributed by atoms with Crippen molar-refractivity contribution < 1.29 is 14.6 Å². The molecule has 7 nitrogen and oxygen atoms in total. The number of aromatic amines is 1. The van der Waals surface area contributed by atoms with Crippen LogP contribution in [0.15, 0.2) is 24.5 Å². The lowest BCUT2D eigenvalue weighted by Gasteiger charge is -2.19. The molecule has 26 heavy (non-hydrogen) atoms. The van der Waals surface area contributed by atoms with Crippen molar-refractivity contribution in [2.24, 2.45) is 5.92 Å². The van der Waals surface area contributed by atoms with E-state index < -0.39 is 11.9 Å². The number of aryl methyl sites for hydroxylation is 1. The predicted octanol–water partition coefficient (Wildman–Crippen LogP) is 3.55. The van der Waals surface area contributed by atoms with Crippen LogP contribution in [0.2, 0.25) is 5.02 Å². The molecule has 0 spiro atoms. The Kier molecular flexibility index (Phi) is 4.16. The van der Waals surface area contributed by atoms with Crippen LogP contribution in [0.4, 0.5) is 11.5 Å². The van der Waals surface area contributed by atoms with E-state index in [1.165, 1.54) is 6.33 Å². The number of carboxylic acid groups (broad SMARTS) is 1. The number of carbonyl (C=O) groups is 1. The van der Waals surface area contributed by atoms with Gasteiger partial charge in [0.05, 0.1) is 24.1 Å². The molecule has 2 aromatic heterocycles. The van der Waals surface area contributed by atoms with E-state index in [1.54, 1.807) is 25.3 Å². The summed E-state index contributed by atoms with van der Waals surface area (Å²) in [5.41, 5.74) is 3.36. The van der Waals surface area contributed by atoms with Crippen LogP contribution in [0.3, 0.4) is 0 Å². The highest BCUT2D eigenvalue weighted by molar-refractivity contribution is 6.31. The Balaban J connectivity index is 1.81. The van der Waals surface area contributed by atoms with E-state index in [2.05, 4.69) is 20.3 Å². The van der Waals surface area contributed by atoms with E-state index >= 15 is 0 Å². The number of rotatable bonds is 4. The maximum absolute atomic E-state index is 11.4. The molecular formula is C18H17ClN4O3. The molecule has 1 aromatic carbocycles. The van der Waals surface area contributed by atoms with E-state index in [0.717, 1.165) is 16.6 Å². The van der Waals surface area contributed by atoms with Crippen molar-refractivity contribution in [2.45, 2.75) is 19.3 Å². The minimum Gasteiger partial charge on any atom is -0.495 e. The van der Waals surface area contributed by atoms with Crippen LogP contribution < -0.4 is 10.1 Å². The Morgan fingerprint density at radius 1 is 1.42 bits per heavy atom. The summed E-state index contributed by atoms with van der Waals surface area (Å²) in [5, 5.41) is 14.0. The van der Waals surface area contributed by atoms with Crippen LogP contribution in [0.1, 0.15) is 17.7 Å². The zero-order valence-corrected chi connectivity index (χ0v) is 14.8. The molecule has 4 rings (SSSR count). The van der Waals surface area contributed by atoms with Crippen molar-refractivity contribution in [1.29, 1.82) is 0 Å². The van der Waals surface area contributed by atoms with Crippen LogP contribution in [0, 0.1) is 5.92 Å². The monoisotopic (exact) mass is 372 g/mol. The van der Waals surface area contributed by atoms with Crippen LogP contribution in [-0.4, -0.2) is 33.1 Å². The second-order valence-corrected chi connectivity index (χ2v) is 6.71. The van der Waals surface area contributed by atoms with Gasteiger partial charge >= 0.3 is 5.97 Å². The Morgan fingerprint density at radius 2 is 2.27 bits per heavy atom. The summed E-state index contributed by atoms with van der Waals surface area (Å²) in [6.07, 6.45) is 3.23. The molecule has 8 heteroatoms. The van der Waals surface area contributed by atoms with Gasteiger partial charge in [-0.3, -0.25) is 4.79 Å². The summed E-state index contributed by atoms with van der Waals surface area (Å²) in [7, 11) is 1.58. The fraction of sp³-hybridized carbons (Fsp3) is 0.278. The third-order valence-electron chi connectivity index (χ3n) is 4.74. The topological polar surface area (TPSA) is 100 Å². The Hall–Kier alpha value is -2.80. The maximum Gasteiger partial charge on any atom is 0.306 e. The van der Waals surface area contributed by atoms with Gasteiger partial charge in [0.15, 0.2) is 0 Å². The first kappa shape index (κ1) is 16.7. The van der Waals surface area contributed by atoms with Gasteiger partial charge in [-0.1, -0.05) is 11.6 Å². The standard InChI is InChI=1S/C18H17ClN4O3/c1-26-14-5-3-10(19)7-13(14)23-17-15-11-6-9(18(24)25)2-4-12(11)22-16(15)20-8-21-17/h3,5,7-9H,2,4,6H2,1H3,(H,24,25)(H2,20,21,22,23)/t9-/m0/s1. The van der Waals surface area contributed by atoms with Gasteiger partial charge in [-0.25, -0.2) is 9.97 Å². The highest BCUT2D eigenvalue weighted by atomic mass is 35.5. The highest BCUT2D eigenvalue weighted by Gasteiger charge is 2.28. The molecule has 0 fully saturated rings. The lowest BCUT2D eigenvalue weighted by Crippen LogP contribution is -2.21. The average Bonchev–Trinajstić information content (AvgIpc) is 3.00. The quantitative estimate of drug-likeness (QED) is 0.647. The molecule has 1 aliphatic rings. The van der Waals surface area contributed by atoms with Crippen molar-refractivity contribution in [3.05, 3.63) is 40.8 Å². The summed E-state index contributed by atoms with van der Waals surface area (Å²) in [4.78, 5) is 23.4. The lowest BCUT2D eigenvalue weighted by molar-refractivity contribution is -0.142. The number of benzene rings is 1. The lowest BCUT2D eigenvalue weighted by atomic mass is 9.86.